The zero-order valence-electron chi connectivity index (χ0n) is 14.1. The molecule has 1 saturated carbocycles. The van der Waals surface area contributed by atoms with Crippen molar-refractivity contribution in [1.82, 2.24) is 4.90 Å². The van der Waals surface area contributed by atoms with Gasteiger partial charge in [0.25, 0.3) is 0 Å². The maximum Gasteiger partial charge on any atom is 0.0695 e. The highest BCUT2D eigenvalue weighted by Gasteiger charge is 2.36. The molecule has 0 spiro atoms. The summed E-state index contributed by atoms with van der Waals surface area (Å²) in [5, 5.41) is 10.5. The third-order valence-electron chi connectivity index (χ3n) is 5.16. The van der Waals surface area contributed by atoms with Gasteiger partial charge in [0.15, 0.2) is 0 Å². The molecule has 0 saturated heterocycles. The molecular formula is C17H35NO2. The van der Waals surface area contributed by atoms with Gasteiger partial charge in [-0.3, -0.25) is 4.90 Å². The van der Waals surface area contributed by atoms with Gasteiger partial charge in [0.1, 0.15) is 0 Å². The highest BCUT2D eigenvalue weighted by atomic mass is 16.5. The van der Waals surface area contributed by atoms with E-state index in [1.54, 1.807) is 7.11 Å². The van der Waals surface area contributed by atoms with Crippen LogP contribution in [0.15, 0.2) is 0 Å². The minimum absolute atomic E-state index is 0.164. The van der Waals surface area contributed by atoms with Crippen molar-refractivity contribution in [3.05, 3.63) is 0 Å². The summed E-state index contributed by atoms with van der Waals surface area (Å²) in [6, 6.07) is 0.881. The molecule has 3 nitrogen and oxygen atoms in total. The van der Waals surface area contributed by atoms with E-state index in [4.69, 9.17) is 4.74 Å². The normalized spacial score (nSPS) is 27.8. The quantitative estimate of drug-likeness (QED) is 0.742. The third-order valence-corrected chi connectivity index (χ3v) is 5.16. The highest BCUT2D eigenvalue weighted by molar-refractivity contribution is 4.90. The Balaban J connectivity index is 2.79. The Bertz CT molecular complexity index is 253. The Kier molecular flexibility index (Phi) is 8.08. The average Bonchev–Trinajstić information content (AvgIpc) is 2.44. The molecule has 120 valence electrons. The molecular weight excluding hydrogens is 250 g/mol. The summed E-state index contributed by atoms with van der Waals surface area (Å²) in [6.45, 7) is 10.8. The predicted octanol–water partition coefficient (Wildman–Crippen LogP) is 3.31. The van der Waals surface area contributed by atoms with Crippen LogP contribution in [0.2, 0.25) is 0 Å². The number of nitrogens with zero attached hydrogens (tertiary/aromatic N) is 1. The van der Waals surface area contributed by atoms with Crippen molar-refractivity contribution in [2.45, 2.75) is 78.0 Å². The molecule has 0 radical (unpaired) electrons. The molecule has 1 aliphatic rings. The SMILES string of the molecule is CCC(CC)N(CCOC)C1CC(C(C)C)CCC1O. The second kappa shape index (κ2) is 9.01. The van der Waals surface area contributed by atoms with Crippen molar-refractivity contribution in [2.75, 3.05) is 20.3 Å². The summed E-state index contributed by atoms with van der Waals surface area (Å²) in [7, 11) is 1.76. The lowest BCUT2D eigenvalue weighted by molar-refractivity contribution is -0.0329. The molecule has 1 rings (SSSR count). The minimum Gasteiger partial charge on any atom is -0.391 e. The zero-order chi connectivity index (χ0) is 15.1. The summed E-state index contributed by atoms with van der Waals surface area (Å²) in [5.74, 6) is 1.47. The molecule has 20 heavy (non-hydrogen) atoms. The van der Waals surface area contributed by atoms with E-state index >= 15 is 0 Å². The van der Waals surface area contributed by atoms with Gasteiger partial charge in [0.2, 0.25) is 0 Å². The maximum absolute atomic E-state index is 10.5. The number of aliphatic hydroxyl groups excluding tert-OH is 1. The Morgan fingerprint density at radius 2 is 1.85 bits per heavy atom. The van der Waals surface area contributed by atoms with E-state index in [-0.39, 0.29) is 6.10 Å². The molecule has 0 amide bonds. The molecule has 0 aromatic heterocycles. The summed E-state index contributed by atoms with van der Waals surface area (Å²) < 4.78 is 5.29. The minimum atomic E-state index is -0.164. The molecule has 3 unspecified atom stereocenters. The van der Waals surface area contributed by atoms with Crippen LogP contribution in [0.5, 0.6) is 0 Å². The fourth-order valence-corrected chi connectivity index (χ4v) is 3.70. The number of hydrogen-bond donors (Lipinski definition) is 1. The first-order chi connectivity index (χ1) is 9.54. The summed E-state index contributed by atoms with van der Waals surface area (Å²) in [4.78, 5) is 2.53. The smallest absolute Gasteiger partial charge is 0.0695 e. The third kappa shape index (κ3) is 4.71. The van der Waals surface area contributed by atoms with E-state index in [0.29, 0.717) is 12.1 Å². The Morgan fingerprint density at radius 1 is 1.20 bits per heavy atom. The van der Waals surface area contributed by atoms with E-state index in [1.807, 2.05) is 0 Å². The monoisotopic (exact) mass is 285 g/mol. The van der Waals surface area contributed by atoms with Crippen molar-refractivity contribution >= 4 is 0 Å². The van der Waals surface area contributed by atoms with Crippen LogP contribution >= 0.6 is 0 Å². The molecule has 3 heteroatoms. The van der Waals surface area contributed by atoms with Gasteiger partial charge in [0.05, 0.1) is 12.7 Å². The first-order valence-electron chi connectivity index (χ1n) is 8.47. The fraction of sp³-hybridized carbons (Fsp3) is 1.00. The van der Waals surface area contributed by atoms with E-state index in [9.17, 15) is 5.11 Å². The van der Waals surface area contributed by atoms with E-state index in [0.717, 1.165) is 50.7 Å². The molecule has 0 aliphatic heterocycles. The lowest BCUT2D eigenvalue weighted by atomic mass is 9.77. The van der Waals surface area contributed by atoms with Crippen molar-refractivity contribution < 1.29 is 9.84 Å². The number of ether oxygens (including phenoxy) is 1. The molecule has 1 N–H and O–H groups in total. The van der Waals surface area contributed by atoms with Crippen LogP contribution in [0.25, 0.3) is 0 Å². The van der Waals surface area contributed by atoms with Gasteiger partial charge < -0.3 is 9.84 Å². The van der Waals surface area contributed by atoms with Crippen molar-refractivity contribution in [3.63, 3.8) is 0 Å². The van der Waals surface area contributed by atoms with Gasteiger partial charge >= 0.3 is 0 Å². The van der Waals surface area contributed by atoms with Gasteiger partial charge in [0, 0.05) is 25.7 Å². The summed E-state index contributed by atoms with van der Waals surface area (Å²) in [5.41, 5.74) is 0. The molecule has 0 aromatic carbocycles. The van der Waals surface area contributed by atoms with Crippen LogP contribution in [0, 0.1) is 11.8 Å². The Hall–Kier alpha value is -0.120. The lowest BCUT2D eigenvalue weighted by Crippen LogP contribution is -2.53. The van der Waals surface area contributed by atoms with Crippen LogP contribution < -0.4 is 0 Å². The second-order valence-corrected chi connectivity index (χ2v) is 6.65. The Morgan fingerprint density at radius 3 is 2.35 bits per heavy atom. The topological polar surface area (TPSA) is 32.7 Å². The Labute approximate surface area is 125 Å². The standard InChI is InChI=1S/C17H35NO2/c1-6-15(7-2)18(10-11-20-5)16-12-14(13(3)4)8-9-17(16)19/h13-17,19H,6-12H2,1-5H3. The van der Waals surface area contributed by atoms with Crippen molar-refractivity contribution in [3.8, 4) is 0 Å². The second-order valence-electron chi connectivity index (χ2n) is 6.65. The molecule has 0 aromatic rings. The highest BCUT2D eigenvalue weighted by Crippen LogP contribution is 2.34. The van der Waals surface area contributed by atoms with Gasteiger partial charge in [-0.1, -0.05) is 27.7 Å². The molecule has 1 fully saturated rings. The molecule has 0 heterocycles. The predicted molar refractivity (Wildman–Crippen MR) is 84.9 cm³/mol. The molecule has 0 bridgehead atoms. The van der Waals surface area contributed by atoms with E-state index in [2.05, 4.69) is 32.6 Å². The number of aliphatic hydroxyl groups is 1. The fourth-order valence-electron chi connectivity index (χ4n) is 3.70. The van der Waals surface area contributed by atoms with Gasteiger partial charge in [-0.2, -0.15) is 0 Å². The van der Waals surface area contributed by atoms with Crippen molar-refractivity contribution in [1.29, 1.82) is 0 Å². The average molecular weight is 285 g/mol. The largest absolute Gasteiger partial charge is 0.391 e. The first-order valence-corrected chi connectivity index (χ1v) is 8.47. The van der Waals surface area contributed by atoms with Gasteiger partial charge in [-0.25, -0.2) is 0 Å². The first kappa shape index (κ1) is 17.9. The van der Waals surface area contributed by atoms with E-state index < -0.39 is 0 Å². The van der Waals surface area contributed by atoms with Crippen LogP contribution in [0.4, 0.5) is 0 Å². The van der Waals surface area contributed by atoms with E-state index in [1.165, 1.54) is 6.42 Å². The van der Waals surface area contributed by atoms with Gasteiger partial charge in [-0.15, -0.1) is 0 Å². The lowest BCUT2D eigenvalue weighted by Gasteiger charge is -2.45. The maximum atomic E-state index is 10.5. The van der Waals surface area contributed by atoms with Crippen LogP contribution in [-0.2, 0) is 4.74 Å². The number of methoxy groups -OCH3 is 1. The number of hydrogen-bond acceptors (Lipinski definition) is 3. The van der Waals surface area contributed by atoms with Crippen LogP contribution in [0.3, 0.4) is 0 Å². The molecule has 3 atom stereocenters. The number of rotatable bonds is 8. The van der Waals surface area contributed by atoms with Crippen LogP contribution in [-0.4, -0.2) is 48.5 Å². The van der Waals surface area contributed by atoms with Crippen LogP contribution in [0.1, 0.15) is 59.8 Å². The van der Waals surface area contributed by atoms with Crippen molar-refractivity contribution in [2.24, 2.45) is 11.8 Å². The molecule has 1 aliphatic carbocycles. The summed E-state index contributed by atoms with van der Waals surface area (Å²) in [6.07, 6.45) is 5.40. The summed E-state index contributed by atoms with van der Waals surface area (Å²) >= 11 is 0. The van der Waals surface area contributed by atoms with Gasteiger partial charge in [-0.05, 0) is 43.9 Å². The zero-order valence-corrected chi connectivity index (χ0v) is 14.1.